The number of aromatic nitrogens is 3. The molecule has 4 nitrogen and oxygen atoms in total. The van der Waals surface area contributed by atoms with Gasteiger partial charge in [-0.3, -0.25) is 0 Å². The minimum absolute atomic E-state index is 0.369. The summed E-state index contributed by atoms with van der Waals surface area (Å²) < 4.78 is 10.0. The summed E-state index contributed by atoms with van der Waals surface area (Å²) in [5.74, 6) is 1.55. The molecular formula is C17H24N3O+. The third-order valence-corrected chi connectivity index (χ3v) is 4.27. The summed E-state index contributed by atoms with van der Waals surface area (Å²) in [5, 5.41) is 4.76. The molecule has 1 aliphatic rings. The van der Waals surface area contributed by atoms with Gasteiger partial charge in [0, 0.05) is 5.10 Å². The van der Waals surface area contributed by atoms with E-state index < -0.39 is 0 Å². The van der Waals surface area contributed by atoms with Crippen LogP contribution in [0, 0.1) is 26.7 Å². The molecule has 4 heteroatoms. The van der Waals surface area contributed by atoms with Crippen LogP contribution in [0.1, 0.15) is 42.4 Å². The molecule has 0 unspecified atom stereocenters. The Morgan fingerprint density at radius 1 is 1.24 bits per heavy atom. The first-order valence-electron chi connectivity index (χ1n) is 7.63. The van der Waals surface area contributed by atoms with Gasteiger partial charge in [-0.05, 0) is 37.8 Å². The summed E-state index contributed by atoms with van der Waals surface area (Å²) in [6.07, 6.45) is 2.13. The Hall–Kier alpha value is -1.68. The zero-order valence-electron chi connectivity index (χ0n) is 13.6. The van der Waals surface area contributed by atoms with Crippen molar-refractivity contribution in [3.05, 3.63) is 41.0 Å². The second-order valence-corrected chi connectivity index (χ2v) is 6.46. The Balaban J connectivity index is 2.10. The number of ether oxygens (including phenoxy) is 1. The van der Waals surface area contributed by atoms with Gasteiger partial charge >= 0.3 is 5.82 Å². The van der Waals surface area contributed by atoms with Crippen LogP contribution >= 0.6 is 0 Å². The summed E-state index contributed by atoms with van der Waals surface area (Å²) in [6.45, 7) is 12.3. The van der Waals surface area contributed by atoms with Crippen molar-refractivity contribution in [3.63, 3.8) is 0 Å². The fraction of sp³-hybridized carbons (Fsp3) is 0.529. The van der Waals surface area contributed by atoms with Crippen molar-refractivity contribution in [2.45, 2.75) is 47.3 Å². The number of rotatable bonds is 2. The molecule has 2 heterocycles. The van der Waals surface area contributed by atoms with E-state index in [9.17, 15) is 0 Å². The molecule has 0 radical (unpaired) electrons. The number of aryl methyl sites for hydroxylation is 3. The molecule has 0 amide bonds. The summed E-state index contributed by atoms with van der Waals surface area (Å²) in [6, 6.07) is 4.79. The molecule has 2 aromatic rings. The normalized spacial score (nSPS) is 18.1. The number of hydrogen-bond acceptors (Lipinski definition) is 2. The maximum atomic E-state index is 5.70. The van der Waals surface area contributed by atoms with Crippen LogP contribution in [0.25, 0.3) is 5.69 Å². The van der Waals surface area contributed by atoms with Gasteiger partial charge in [0.15, 0.2) is 0 Å². The largest absolute Gasteiger partial charge is 0.367 e. The molecule has 0 saturated heterocycles. The van der Waals surface area contributed by atoms with Crippen LogP contribution in [-0.2, 0) is 11.3 Å². The zero-order valence-corrected chi connectivity index (χ0v) is 13.6. The van der Waals surface area contributed by atoms with Crippen LogP contribution in [0.2, 0.25) is 0 Å². The van der Waals surface area contributed by atoms with E-state index in [2.05, 4.69) is 57.6 Å². The number of nitrogens with zero attached hydrogens (tertiary/aromatic N) is 3. The highest BCUT2D eigenvalue weighted by molar-refractivity contribution is 5.48. The Morgan fingerprint density at radius 2 is 1.90 bits per heavy atom. The van der Waals surface area contributed by atoms with Crippen molar-refractivity contribution < 1.29 is 9.30 Å². The molecular weight excluding hydrogens is 262 g/mol. The average Bonchev–Trinajstić information content (AvgIpc) is 2.79. The van der Waals surface area contributed by atoms with E-state index >= 15 is 0 Å². The second-order valence-electron chi connectivity index (χ2n) is 6.46. The van der Waals surface area contributed by atoms with Crippen LogP contribution in [-0.4, -0.2) is 16.4 Å². The minimum Gasteiger partial charge on any atom is -0.367 e. The van der Waals surface area contributed by atoms with Crippen LogP contribution in [0.15, 0.2) is 18.5 Å². The third-order valence-electron chi connectivity index (χ3n) is 4.27. The van der Waals surface area contributed by atoms with Gasteiger partial charge in [-0.1, -0.05) is 36.2 Å². The molecule has 1 aromatic heterocycles. The highest BCUT2D eigenvalue weighted by Gasteiger charge is 2.32. The maximum absolute atomic E-state index is 5.70. The van der Waals surface area contributed by atoms with Gasteiger partial charge in [0.25, 0.3) is 0 Å². The van der Waals surface area contributed by atoms with E-state index in [0.29, 0.717) is 18.6 Å². The first-order chi connectivity index (χ1) is 9.97. The van der Waals surface area contributed by atoms with E-state index in [1.54, 1.807) is 0 Å². The first kappa shape index (κ1) is 14.3. The molecule has 0 spiro atoms. The van der Waals surface area contributed by atoms with Crippen molar-refractivity contribution in [2.75, 3.05) is 6.61 Å². The molecule has 1 atom stereocenters. The highest BCUT2D eigenvalue weighted by atomic mass is 16.5. The standard InChI is InChI=1S/C17H24N3O/c1-11(2)15-8-21-9-16-18-20(10-19(15)16)17-13(4)6-12(3)7-14(17)5/h6-7,10-11,15H,8-9H2,1-5H3/q+1/t15-/m1/s1. The summed E-state index contributed by atoms with van der Waals surface area (Å²) in [4.78, 5) is 0. The topological polar surface area (TPSA) is 30.9 Å². The van der Waals surface area contributed by atoms with Crippen LogP contribution in [0.4, 0.5) is 0 Å². The Kier molecular flexibility index (Phi) is 3.57. The lowest BCUT2D eigenvalue weighted by molar-refractivity contribution is -0.749. The lowest BCUT2D eigenvalue weighted by Gasteiger charge is -2.22. The van der Waals surface area contributed by atoms with E-state index in [4.69, 9.17) is 9.84 Å². The maximum Gasteiger partial charge on any atom is 0.304 e. The van der Waals surface area contributed by atoms with Gasteiger partial charge in [-0.2, -0.15) is 0 Å². The number of fused-ring (bicyclic) bond motifs is 1. The van der Waals surface area contributed by atoms with Crippen molar-refractivity contribution in [2.24, 2.45) is 5.92 Å². The minimum atomic E-state index is 0.369. The Morgan fingerprint density at radius 3 is 2.52 bits per heavy atom. The molecule has 0 saturated carbocycles. The van der Waals surface area contributed by atoms with Gasteiger partial charge < -0.3 is 4.74 Å². The monoisotopic (exact) mass is 286 g/mol. The third kappa shape index (κ3) is 2.48. The molecule has 1 aliphatic heterocycles. The van der Waals surface area contributed by atoms with Crippen molar-refractivity contribution in [3.8, 4) is 5.69 Å². The lowest BCUT2D eigenvalue weighted by atomic mass is 10.0. The van der Waals surface area contributed by atoms with Gasteiger partial charge in [-0.15, -0.1) is 0 Å². The summed E-state index contributed by atoms with van der Waals surface area (Å²) in [5.41, 5.74) is 5.00. The molecule has 112 valence electrons. The fourth-order valence-electron chi connectivity index (χ4n) is 3.27. The van der Waals surface area contributed by atoms with Crippen molar-refractivity contribution in [1.29, 1.82) is 0 Å². The van der Waals surface area contributed by atoms with Gasteiger partial charge in [0.1, 0.15) is 18.3 Å². The second kappa shape index (κ2) is 5.26. The molecule has 1 aromatic carbocycles. The SMILES string of the molecule is Cc1cc(C)c(-n2c[n+]3c(n2)COC[C@@H]3C(C)C)c(C)c1. The fourth-order valence-corrected chi connectivity index (χ4v) is 3.27. The molecule has 0 fully saturated rings. The quantitative estimate of drug-likeness (QED) is 0.795. The highest BCUT2D eigenvalue weighted by Crippen LogP contribution is 2.22. The van der Waals surface area contributed by atoms with Crippen molar-refractivity contribution in [1.82, 2.24) is 9.78 Å². The first-order valence-corrected chi connectivity index (χ1v) is 7.63. The summed E-state index contributed by atoms with van der Waals surface area (Å²) in [7, 11) is 0. The number of benzene rings is 1. The average molecular weight is 286 g/mol. The van der Waals surface area contributed by atoms with E-state index in [1.165, 1.54) is 22.4 Å². The van der Waals surface area contributed by atoms with Gasteiger partial charge in [-0.25, -0.2) is 4.57 Å². The molecule has 3 rings (SSSR count). The lowest BCUT2D eigenvalue weighted by Crippen LogP contribution is -2.49. The smallest absolute Gasteiger partial charge is 0.304 e. The molecule has 21 heavy (non-hydrogen) atoms. The van der Waals surface area contributed by atoms with E-state index in [0.717, 1.165) is 12.4 Å². The number of hydrogen-bond donors (Lipinski definition) is 0. The van der Waals surface area contributed by atoms with Crippen LogP contribution in [0.5, 0.6) is 0 Å². The van der Waals surface area contributed by atoms with Gasteiger partial charge in [0.05, 0.1) is 6.61 Å². The Labute approximate surface area is 126 Å². The van der Waals surface area contributed by atoms with Crippen LogP contribution < -0.4 is 4.57 Å². The predicted octanol–water partition coefficient (Wildman–Crippen LogP) is 2.81. The predicted molar refractivity (Wildman–Crippen MR) is 81.5 cm³/mol. The summed E-state index contributed by atoms with van der Waals surface area (Å²) >= 11 is 0. The van der Waals surface area contributed by atoms with Gasteiger partial charge in [0.2, 0.25) is 6.33 Å². The van der Waals surface area contributed by atoms with Crippen LogP contribution in [0.3, 0.4) is 0 Å². The molecule has 0 bridgehead atoms. The van der Waals surface area contributed by atoms with Crippen molar-refractivity contribution >= 4 is 0 Å². The molecule has 0 aliphatic carbocycles. The zero-order chi connectivity index (χ0) is 15.1. The Bertz CT molecular complexity index is 650. The van der Waals surface area contributed by atoms with E-state index in [-0.39, 0.29) is 0 Å². The van der Waals surface area contributed by atoms with E-state index in [1.807, 2.05) is 4.68 Å². The molecule has 0 N–H and O–H groups in total.